The Morgan fingerprint density at radius 3 is 0.943 bits per heavy atom. The fourth-order valence-corrected chi connectivity index (χ4v) is 4.88. The Morgan fingerprint density at radius 1 is 0.400 bits per heavy atom. The van der Waals surface area contributed by atoms with E-state index in [-0.39, 0.29) is 21.7 Å². The van der Waals surface area contributed by atoms with E-state index in [4.69, 9.17) is 0 Å². The normalized spacial score (nSPS) is 15.5. The van der Waals surface area contributed by atoms with Gasteiger partial charge in [-0.1, -0.05) is 76.0 Å². The molecule has 4 aromatic carbocycles. The molecule has 0 N–H and O–H groups in total. The van der Waals surface area contributed by atoms with Crippen LogP contribution in [0.4, 0.5) is 0 Å². The molecule has 180 valence electrons. The second-order valence-corrected chi connectivity index (χ2v) is 9.26. The summed E-state index contributed by atoms with van der Waals surface area (Å²) in [6, 6.07) is 42.7. The molecule has 0 unspecified atom stereocenters. The Hall–Kier alpha value is -2.15. The van der Waals surface area contributed by atoms with Gasteiger partial charge in [0.05, 0.1) is 0 Å². The van der Waals surface area contributed by atoms with E-state index in [0.717, 1.165) is 11.8 Å². The van der Waals surface area contributed by atoms with Crippen molar-refractivity contribution in [3.63, 3.8) is 0 Å². The van der Waals surface area contributed by atoms with Crippen molar-refractivity contribution in [1.82, 2.24) is 0 Å². The first-order valence-corrected chi connectivity index (χ1v) is 13.2. The monoisotopic (exact) mass is 496 g/mol. The van der Waals surface area contributed by atoms with E-state index >= 15 is 0 Å². The average Bonchev–Trinajstić information content (AvgIpc) is 3.68. The first-order valence-electron chi connectivity index (χ1n) is 13.2. The summed E-state index contributed by atoms with van der Waals surface area (Å²) in [4.78, 5) is 0. The first-order chi connectivity index (χ1) is 16.9. The summed E-state index contributed by atoms with van der Waals surface area (Å²) in [6.07, 6.45) is 14.4. The number of hydrogen-bond acceptors (Lipinski definition) is 0. The second-order valence-electron chi connectivity index (χ2n) is 9.26. The molecule has 0 nitrogen and oxygen atoms in total. The van der Waals surface area contributed by atoms with Gasteiger partial charge in [0.15, 0.2) is 0 Å². The molecule has 0 radical (unpaired) electrons. The smallest absolute Gasteiger partial charge is 0.213 e. The molecule has 0 spiro atoms. The molecule has 0 aliphatic heterocycles. The van der Waals surface area contributed by atoms with E-state index in [2.05, 4.69) is 60.7 Å². The largest absolute Gasteiger partial charge is 4.00 e. The van der Waals surface area contributed by atoms with Gasteiger partial charge >= 0.3 is 21.7 Å². The van der Waals surface area contributed by atoms with Crippen LogP contribution in [0, 0.1) is 12.1 Å². The minimum atomic E-state index is 0. The SMILES string of the molecule is [Ti+4].[c-]1ccccc1.[c-]1ccccc1.c1cc[c-](C2CCCCC2)c1.c1cc[c-](C2CCCCC2)c1. The molecule has 2 aliphatic carbocycles. The predicted octanol–water partition coefficient (Wildman–Crippen LogP) is 9.88. The summed E-state index contributed by atoms with van der Waals surface area (Å²) < 4.78 is 0. The van der Waals surface area contributed by atoms with Crippen molar-refractivity contribution >= 4 is 0 Å². The minimum absolute atomic E-state index is 0. The van der Waals surface area contributed by atoms with E-state index < -0.39 is 0 Å². The van der Waals surface area contributed by atoms with E-state index in [1.165, 1.54) is 64.2 Å². The Labute approximate surface area is 229 Å². The van der Waals surface area contributed by atoms with Crippen LogP contribution in [0.5, 0.6) is 0 Å². The molecule has 2 aliphatic rings. The Balaban J connectivity index is 0.000000170. The van der Waals surface area contributed by atoms with Crippen LogP contribution in [-0.2, 0) is 21.7 Å². The van der Waals surface area contributed by atoms with Crippen molar-refractivity contribution in [2.24, 2.45) is 0 Å². The van der Waals surface area contributed by atoms with Crippen LogP contribution in [0.25, 0.3) is 0 Å². The average molecular weight is 497 g/mol. The standard InChI is InChI=1S/2C11H15.2C6H5.Ti/c2*1-2-6-10(7-3-1)11-8-4-5-9-11;2*1-2-4-6-5-3-1;/h2*4-5,8-10H,1-3,6-7H2;2*1-5H;/q4*-1;+4. The molecule has 35 heavy (non-hydrogen) atoms. The molecule has 0 saturated heterocycles. The van der Waals surface area contributed by atoms with Gasteiger partial charge in [-0.25, -0.2) is 24.3 Å². The summed E-state index contributed by atoms with van der Waals surface area (Å²) in [5.41, 5.74) is 3.15. The van der Waals surface area contributed by atoms with Crippen LogP contribution in [0.3, 0.4) is 0 Å². The predicted molar refractivity (Wildman–Crippen MR) is 146 cm³/mol. The molecule has 1 heteroatoms. The Morgan fingerprint density at radius 2 is 0.714 bits per heavy atom. The van der Waals surface area contributed by atoms with Crippen molar-refractivity contribution in [1.29, 1.82) is 0 Å². The summed E-state index contributed by atoms with van der Waals surface area (Å²) >= 11 is 0. The molecule has 0 atom stereocenters. The summed E-state index contributed by atoms with van der Waals surface area (Å²) in [5, 5.41) is 0. The van der Waals surface area contributed by atoms with Crippen molar-refractivity contribution in [3.05, 3.63) is 132 Å². The quantitative estimate of drug-likeness (QED) is 0.191. The topological polar surface area (TPSA) is 0 Å². The first kappa shape index (κ1) is 29.1. The van der Waals surface area contributed by atoms with Gasteiger partial charge in [-0.05, 0) is 0 Å². The number of hydrogen-bond donors (Lipinski definition) is 0. The van der Waals surface area contributed by atoms with Gasteiger partial charge < -0.3 is 0 Å². The molecule has 0 aromatic heterocycles. The fraction of sp³-hybridized carbons (Fsp3) is 0.353. The van der Waals surface area contributed by atoms with Crippen LogP contribution < -0.4 is 0 Å². The zero-order valence-electron chi connectivity index (χ0n) is 21.1. The van der Waals surface area contributed by atoms with Crippen molar-refractivity contribution < 1.29 is 21.7 Å². The van der Waals surface area contributed by atoms with Gasteiger partial charge in [0, 0.05) is 0 Å². The van der Waals surface area contributed by atoms with Gasteiger partial charge in [-0.3, -0.25) is 0 Å². The van der Waals surface area contributed by atoms with E-state index in [1.54, 1.807) is 11.1 Å². The van der Waals surface area contributed by atoms with Gasteiger partial charge in [-0.15, -0.1) is 0 Å². The van der Waals surface area contributed by atoms with Gasteiger partial charge in [-0.2, -0.15) is 108 Å². The summed E-state index contributed by atoms with van der Waals surface area (Å²) in [7, 11) is 0. The van der Waals surface area contributed by atoms with Gasteiger partial charge in [0.25, 0.3) is 0 Å². The van der Waals surface area contributed by atoms with Gasteiger partial charge in [0.1, 0.15) is 0 Å². The minimum Gasteiger partial charge on any atom is -0.213 e. The van der Waals surface area contributed by atoms with E-state index in [1.807, 2.05) is 60.7 Å². The number of benzene rings is 2. The third kappa shape index (κ3) is 12.4. The van der Waals surface area contributed by atoms with Gasteiger partial charge in [0.2, 0.25) is 0 Å². The molecule has 4 aromatic rings. The molecule has 0 heterocycles. The summed E-state index contributed by atoms with van der Waals surface area (Å²) in [6.45, 7) is 0. The third-order valence-corrected chi connectivity index (χ3v) is 6.74. The molecular formula is C34H40Ti. The summed E-state index contributed by atoms with van der Waals surface area (Å²) in [5.74, 6) is 1.78. The third-order valence-electron chi connectivity index (χ3n) is 6.74. The maximum Gasteiger partial charge on any atom is 4.00 e. The van der Waals surface area contributed by atoms with Crippen LogP contribution in [0.1, 0.15) is 87.2 Å². The van der Waals surface area contributed by atoms with E-state index in [9.17, 15) is 0 Å². The molecular weight excluding hydrogens is 456 g/mol. The van der Waals surface area contributed by atoms with Crippen LogP contribution in [0.2, 0.25) is 0 Å². The van der Waals surface area contributed by atoms with Crippen LogP contribution >= 0.6 is 0 Å². The maximum atomic E-state index is 2.89. The van der Waals surface area contributed by atoms with Crippen LogP contribution in [0.15, 0.2) is 109 Å². The fourth-order valence-electron chi connectivity index (χ4n) is 4.88. The molecule has 2 saturated carbocycles. The molecule has 6 rings (SSSR count). The molecule has 2 fully saturated rings. The maximum absolute atomic E-state index is 2.89. The number of rotatable bonds is 2. The van der Waals surface area contributed by atoms with Crippen LogP contribution in [-0.4, -0.2) is 0 Å². The molecule has 0 bridgehead atoms. The molecule has 0 amide bonds. The second kappa shape index (κ2) is 19.1. The van der Waals surface area contributed by atoms with E-state index in [0.29, 0.717) is 0 Å². The Kier molecular flexibility index (Phi) is 15.9. The zero-order valence-corrected chi connectivity index (χ0v) is 22.7. The van der Waals surface area contributed by atoms with Crippen molar-refractivity contribution in [3.8, 4) is 0 Å². The Bertz CT molecular complexity index is 764. The van der Waals surface area contributed by atoms with Crippen molar-refractivity contribution in [2.45, 2.75) is 76.0 Å². The van der Waals surface area contributed by atoms with Crippen molar-refractivity contribution in [2.75, 3.05) is 0 Å². The zero-order chi connectivity index (χ0) is 23.5.